The predicted octanol–water partition coefficient (Wildman–Crippen LogP) is -1.11. The number of likely N-dealkylation sites (tertiary alicyclic amines) is 1. The summed E-state index contributed by atoms with van der Waals surface area (Å²) in [6, 6.07) is 0. The zero-order valence-electron chi connectivity index (χ0n) is 12.6. The number of hydrogen-bond donors (Lipinski definition) is 1. The summed E-state index contributed by atoms with van der Waals surface area (Å²) in [7, 11) is 1.52. The summed E-state index contributed by atoms with van der Waals surface area (Å²) in [5, 5.41) is 3.19. The van der Waals surface area contributed by atoms with Crippen molar-refractivity contribution in [1.82, 2.24) is 20.0 Å². The molecule has 0 aromatic carbocycles. The van der Waals surface area contributed by atoms with Crippen LogP contribution in [-0.2, 0) is 14.4 Å². The first-order valence-electron chi connectivity index (χ1n) is 7.62. The van der Waals surface area contributed by atoms with E-state index in [4.69, 9.17) is 0 Å². The lowest BCUT2D eigenvalue weighted by Gasteiger charge is -2.24. The van der Waals surface area contributed by atoms with Crippen LogP contribution in [0.25, 0.3) is 0 Å². The van der Waals surface area contributed by atoms with Gasteiger partial charge in [0.15, 0.2) is 0 Å². The zero-order chi connectivity index (χ0) is 15.2. The van der Waals surface area contributed by atoms with Crippen molar-refractivity contribution in [2.45, 2.75) is 19.3 Å². The fraction of sp³-hybridized carbons (Fsp3) is 0.786. The van der Waals surface area contributed by atoms with Crippen LogP contribution in [0.15, 0.2) is 0 Å². The number of likely N-dealkylation sites (N-methyl/N-ethyl adjacent to an activating group) is 1. The molecule has 3 amide bonds. The van der Waals surface area contributed by atoms with Gasteiger partial charge in [-0.1, -0.05) is 0 Å². The van der Waals surface area contributed by atoms with Gasteiger partial charge in [0.05, 0.1) is 6.54 Å². The second-order valence-corrected chi connectivity index (χ2v) is 5.64. The molecule has 2 fully saturated rings. The molecule has 2 aliphatic heterocycles. The van der Waals surface area contributed by atoms with E-state index in [9.17, 15) is 14.4 Å². The van der Waals surface area contributed by atoms with Crippen molar-refractivity contribution in [3.63, 3.8) is 0 Å². The minimum Gasteiger partial charge on any atom is -0.341 e. The summed E-state index contributed by atoms with van der Waals surface area (Å²) in [6.45, 7) is 4.19. The van der Waals surface area contributed by atoms with Gasteiger partial charge >= 0.3 is 11.8 Å². The van der Waals surface area contributed by atoms with Crippen LogP contribution in [0, 0.1) is 0 Å². The number of hydrogen-bond acceptors (Lipinski definition) is 4. The Balaban J connectivity index is 1.85. The van der Waals surface area contributed by atoms with Gasteiger partial charge in [-0.15, -0.1) is 0 Å². The van der Waals surface area contributed by atoms with E-state index in [1.54, 1.807) is 9.80 Å². The van der Waals surface area contributed by atoms with E-state index in [-0.39, 0.29) is 12.5 Å². The first-order chi connectivity index (χ1) is 10.1. The van der Waals surface area contributed by atoms with E-state index in [1.165, 1.54) is 11.9 Å². The summed E-state index contributed by atoms with van der Waals surface area (Å²) in [5.74, 6) is -1.17. The standard InChI is InChI=1S/C14H24N4O3/c1-16(11-12(19)17-7-2-3-8-17)13(20)14(21)18-9-4-5-15-6-10-18/h15H,2-11H2,1H3. The Bertz CT molecular complexity index is 399. The molecule has 7 heteroatoms. The van der Waals surface area contributed by atoms with Crippen LogP contribution in [0.2, 0.25) is 0 Å². The van der Waals surface area contributed by atoms with Gasteiger partial charge in [0.25, 0.3) is 0 Å². The van der Waals surface area contributed by atoms with Gasteiger partial charge in [-0.05, 0) is 25.8 Å². The number of rotatable bonds is 2. The summed E-state index contributed by atoms with van der Waals surface area (Å²) in [4.78, 5) is 40.9. The second-order valence-electron chi connectivity index (χ2n) is 5.64. The average molecular weight is 296 g/mol. The molecule has 1 N–H and O–H groups in total. The number of carbonyl (C=O) groups is 3. The summed E-state index contributed by atoms with van der Waals surface area (Å²) >= 11 is 0. The SMILES string of the molecule is CN(CC(=O)N1CCCC1)C(=O)C(=O)N1CCCNCC1. The fourth-order valence-electron chi connectivity index (χ4n) is 2.69. The zero-order valence-corrected chi connectivity index (χ0v) is 12.6. The number of nitrogens with one attached hydrogen (secondary N) is 1. The quantitative estimate of drug-likeness (QED) is 0.656. The first kappa shape index (κ1) is 15.8. The molecule has 21 heavy (non-hydrogen) atoms. The highest BCUT2D eigenvalue weighted by atomic mass is 16.2. The van der Waals surface area contributed by atoms with Crippen LogP contribution in [-0.4, -0.2) is 85.3 Å². The third kappa shape index (κ3) is 4.17. The van der Waals surface area contributed by atoms with Crippen molar-refractivity contribution in [3.05, 3.63) is 0 Å². The first-order valence-corrected chi connectivity index (χ1v) is 7.62. The van der Waals surface area contributed by atoms with Crippen molar-refractivity contribution in [1.29, 1.82) is 0 Å². The molecular weight excluding hydrogens is 272 g/mol. The van der Waals surface area contributed by atoms with Gasteiger partial charge in [-0.2, -0.15) is 0 Å². The van der Waals surface area contributed by atoms with Crippen molar-refractivity contribution in [2.24, 2.45) is 0 Å². The van der Waals surface area contributed by atoms with Crippen molar-refractivity contribution in [3.8, 4) is 0 Å². The molecule has 0 bridgehead atoms. The molecule has 0 radical (unpaired) electrons. The topological polar surface area (TPSA) is 73.0 Å². The Morgan fingerprint density at radius 2 is 1.62 bits per heavy atom. The van der Waals surface area contributed by atoms with E-state index in [0.29, 0.717) is 19.6 Å². The molecule has 118 valence electrons. The number of nitrogens with zero attached hydrogens (tertiary/aromatic N) is 3. The molecule has 0 saturated carbocycles. The largest absolute Gasteiger partial charge is 0.341 e. The minimum atomic E-state index is -0.593. The van der Waals surface area contributed by atoms with Gasteiger partial charge in [-0.25, -0.2) is 0 Å². The molecule has 2 heterocycles. The molecule has 0 unspecified atom stereocenters. The third-order valence-electron chi connectivity index (χ3n) is 3.99. The van der Waals surface area contributed by atoms with Gasteiger partial charge < -0.3 is 20.0 Å². The Labute approximate surface area is 125 Å². The molecule has 2 aliphatic rings. The van der Waals surface area contributed by atoms with Crippen LogP contribution in [0.4, 0.5) is 0 Å². The smallest absolute Gasteiger partial charge is 0.312 e. The van der Waals surface area contributed by atoms with Gasteiger partial charge in [0.2, 0.25) is 5.91 Å². The van der Waals surface area contributed by atoms with Crippen molar-refractivity contribution >= 4 is 17.7 Å². The van der Waals surface area contributed by atoms with Crippen LogP contribution in [0.3, 0.4) is 0 Å². The van der Waals surface area contributed by atoms with E-state index < -0.39 is 11.8 Å². The van der Waals surface area contributed by atoms with Gasteiger partial charge in [-0.3, -0.25) is 14.4 Å². The van der Waals surface area contributed by atoms with Gasteiger partial charge in [0, 0.05) is 39.8 Å². The minimum absolute atomic E-state index is 0.0172. The Morgan fingerprint density at radius 3 is 2.33 bits per heavy atom. The van der Waals surface area contributed by atoms with E-state index >= 15 is 0 Å². The molecule has 0 aromatic heterocycles. The molecule has 0 aromatic rings. The van der Waals surface area contributed by atoms with E-state index in [0.717, 1.165) is 38.9 Å². The summed E-state index contributed by atoms with van der Waals surface area (Å²) in [6.07, 6.45) is 2.88. The van der Waals surface area contributed by atoms with Crippen molar-refractivity contribution in [2.75, 3.05) is 52.9 Å². The Kier molecular flexibility index (Phi) is 5.55. The average Bonchev–Trinajstić information content (AvgIpc) is 2.88. The maximum Gasteiger partial charge on any atom is 0.312 e. The number of amides is 3. The van der Waals surface area contributed by atoms with Crippen molar-refractivity contribution < 1.29 is 14.4 Å². The Morgan fingerprint density at radius 1 is 0.952 bits per heavy atom. The monoisotopic (exact) mass is 296 g/mol. The summed E-state index contributed by atoms with van der Waals surface area (Å²) in [5.41, 5.74) is 0. The molecule has 0 spiro atoms. The number of carbonyl (C=O) groups excluding carboxylic acids is 3. The lowest BCUT2D eigenvalue weighted by molar-refractivity contribution is -0.152. The van der Waals surface area contributed by atoms with Crippen LogP contribution >= 0.6 is 0 Å². The van der Waals surface area contributed by atoms with E-state index in [2.05, 4.69) is 5.32 Å². The maximum atomic E-state index is 12.2. The summed E-state index contributed by atoms with van der Waals surface area (Å²) < 4.78 is 0. The normalized spacial score (nSPS) is 19.3. The fourth-order valence-corrected chi connectivity index (χ4v) is 2.69. The molecule has 0 atom stereocenters. The van der Waals surface area contributed by atoms with Crippen LogP contribution < -0.4 is 5.32 Å². The molecule has 7 nitrogen and oxygen atoms in total. The second kappa shape index (κ2) is 7.40. The highest BCUT2D eigenvalue weighted by Crippen LogP contribution is 2.08. The highest BCUT2D eigenvalue weighted by Gasteiger charge is 2.28. The molecule has 0 aliphatic carbocycles. The predicted molar refractivity (Wildman–Crippen MR) is 77.5 cm³/mol. The molecular formula is C14H24N4O3. The van der Waals surface area contributed by atoms with Gasteiger partial charge in [0.1, 0.15) is 0 Å². The molecule has 2 rings (SSSR count). The third-order valence-corrected chi connectivity index (χ3v) is 3.99. The highest BCUT2D eigenvalue weighted by molar-refractivity contribution is 6.35. The molecule has 2 saturated heterocycles. The van der Waals surface area contributed by atoms with Crippen LogP contribution in [0.5, 0.6) is 0 Å². The van der Waals surface area contributed by atoms with E-state index in [1.807, 2.05) is 0 Å². The lowest BCUT2D eigenvalue weighted by atomic mass is 10.3. The van der Waals surface area contributed by atoms with Crippen LogP contribution in [0.1, 0.15) is 19.3 Å². The Hall–Kier alpha value is -1.63. The maximum absolute atomic E-state index is 12.2. The lowest BCUT2D eigenvalue weighted by Crippen LogP contribution is -2.48.